The van der Waals surface area contributed by atoms with Gasteiger partial charge < -0.3 is 14.7 Å². The number of furan rings is 1. The first-order valence-electron chi connectivity index (χ1n) is 8.92. The van der Waals surface area contributed by atoms with E-state index in [1.807, 2.05) is 19.1 Å². The Kier molecular flexibility index (Phi) is 4.48. The molecular formula is C19H23N3O2S. The standard InChI is InChI=1S/C19H23N3O2S/c1-11-5-6-14-15(10-11)25-19-16(14)18(23)21-17(22-19)12(2)20-8-7-13-4-3-9-24-13/h3-4,9,11-12,20H,5-8,10H2,1-2H3,(H,21,22,23)/t11-,12-/m1/s1. The van der Waals surface area contributed by atoms with Crippen molar-refractivity contribution < 1.29 is 4.42 Å². The predicted molar refractivity (Wildman–Crippen MR) is 100 cm³/mol. The molecule has 0 aliphatic heterocycles. The van der Waals surface area contributed by atoms with Crippen LogP contribution in [0.2, 0.25) is 0 Å². The second-order valence-electron chi connectivity index (χ2n) is 6.99. The van der Waals surface area contributed by atoms with E-state index in [0.717, 1.165) is 48.2 Å². The van der Waals surface area contributed by atoms with Crippen molar-refractivity contribution in [2.45, 2.75) is 45.6 Å². The zero-order valence-electron chi connectivity index (χ0n) is 14.6. The molecule has 3 heterocycles. The average Bonchev–Trinajstić information content (AvgIpc) is 3.21. The molecule has 1 aliphatic rings. The normalized spacial score (nSPS) is 18.4. The number of thiophene rings is 1. The maximum atomic E-state index is 12.6. The second kappa shape index (κ2) is 6.77. The Hall–Kier alpha value is -1.92. The smallest absolute Gasteiger partial charge is 0.259 e. The van der Waals surface area contributed by atoms with E-state index in [0.29, 0.717) is 11.7 Å². The summed E-state index contributed by atoms with van der Waals surface area (Å²) < 4.78 is 5.34. The van der Waals surface area contributed by atoms with Crippen molar-refractivity contribution in [3.8, 4) is 0 Å². The Morgan fingerprint density at radius 2 is 2.40 bits per heavy atom. The van der Waals surface area contributed by atoms with Crippen LogP contribution >= 0.6 is 11.3 Å². The molecule has 0 aromatic carbocycles. The van der Waals surface area contributed by atoms with Gasteiger partial charge in [-0.25, -0.2) is 4.98 Å². The number of rotatable bonds is 5. The molecule has 4 rings (SSSR count). The van der Waals surface area contributed by atoms with Gasteiger partial charge in [-0.05, 0) is 49.8 Å². The second-order valence-corrected chi connectivity index (χ2v) is 8.07. The van der Waals surface area contributed by atoms with Gasteiger partial charge in [-0.15, -0.1) is 11.3 Å². The summed E-state index contributed by atoms with van der Waals surface area (Å²) in [5.41, 5.74) is 1.24. The van der Waals surface area contributed by atoms with Gasteiger partial charge in [0.15, 0.2) is 0 Å². The number of aryl methyl sites for hydroxylation is 1. The lowest BCUT2D eigenvalue weighted by Gasteiger charge is -2.17. The topological polar surface area (TPSA) is 70.9 Å². The van der Waals surface area contributed by atoms with Crippen LogP contribution in [0.15, 0.2) is 27.6 Å². The number of H-pyrrole nitrogens is 1. The summed E-state index contributed by atoms with van der Waals surface area (Å²) in [7, 11) is 0. The number of aromatic nitrogens is 2. The first-order chi connectivity index (χ1) is 12.1. The van der Waals surface area contributed by atoms with E-state index in [9.17, 15) is 4.79 Å². The third-order valence-electron chi connectivity index (χ3n) is 5.00. The zero-order valence-corrected chi connectivity index (χ0v) is 15.4. The molecule has 2 atom stereocenters. The maximum Gasteiger partial charge on any atom is 0.259 e. The van der Waals surface area contributed by atoms with Crippen LogP contribution in [0, 0.1) is 5.92 Å². The molecule has 3 aromatic rings. The highest BCUT2D eigenvalue weighted by Crippen LogP contribution is 2.35. The van der Waals surface area contributed by atoms with Crippen molar-refractivity contribution in [1.82, 2.24) is 15.3 Å². The molecule has 0 fully saturated rings. The van der Waals surface area contributed by atoms with E-state index in [1.54, 1.807) is 17.6 Å². The molecule has 6 heteroatoms. The van der Waals surface area contributed by atoms with Crippen molar-refractivity contribution in [1.29, 1.82) is 0 Å². The highest BCUT2D eigenvalue weighted by atomic mass is 32.1. The van der Waals surface area contributed by atoms with Gasteiger partial charge in [-0.3, -0.25) is 4.79 Å². The van der Waals surface area contributed by atoms with Crippen molar-refractivity contribution in [2.75, 3.05) is 6.54 Å². The van der Waals surface area contributed by atoms with Crippen LogP contribution < -0.4 is 10.9 Å². The monoisotopic (exact) mass is 357 g/mol. The molecule has 0 saturated carbocycles. The number of hydrogen-bond donors (Lipinski definition) is 2. The number of aromatic amines is 1. The number of hydrogen-bond acceptors (Lipinski definition) is 5. The molecule has 2 N–H and O–H groups in total. The van der Waals surface area contributed by atoms with Crippen molar-refractivity contribution >= 4 is 21.6 Å². The third-order valence-corrected chi connectivity index (χ3v) is 6.14. The Bertz CT molecular complexity index is 926. The first-order valence-corrected chi connectivity index (χ1v) is 9.73. The molecule has 0 saturated heterocycles. The summed E-state index contributed by atoms with van der Waals surface area (Å²) in [6.45, 7) is 5.08. The summed E-state index contributed by atoms with van der Waals surface area (Å²) in [6, 6.07) is 3.85. The summed E-state index contributed by atoms with van der Waals surface area (Å²) >= 11 is 1.70. The van der Waals surface area contributed by atoms with Gasteiger partial charge in [0.05, 0.1) is 17.7 Å². The van der Waals surface area contributed by atoms with Crippen LogP contribution in [0.25, 0.3) is 10.2 Å². The molecule has 0 bridgehead atoms. The van der Waals surface area contributed by atoms with E-state index < -0.39 is 0 Å². The van der Waals surface area contributed by atoms with E-state index in [1.165, 1.54) is 10.4 Å². The number of nitrogens with zero attached hydrogens (tertiary/aromatic N) is 1. The SMILES string of the molecule is C[C@@H]1CCc2c(sc3nc([C@@H](C)NCCc4ccco4)[nH]c(=O)c23)C1. The fourth-order valence-electron chi connectivity index (χ4n) is 3.53. The highest BCUT2D eigenvalue weighted by molar-refractivity contribution is 7.18. The van der Waals surface area contributed by atoms with Crippen LogP contribution in [-0.2, 0) is 19.3 Å². The van der Waals surface area contributed by atoms with Gasteiger partial charge in [0.1, 0.15) is 16.4 Å². The van der Waals surface area contributed by atoms with Crippen molar-refractivity contribution in [3.05, 3.63) is 50.8 Å². The van der Waals surface area contributed by atoms with Crippen LogP contribution in [0.4, 0.5) is 0 Å². The van der Waals surface area contributed by atoms with Gasteiger partial charge in [-0.2, -0.15) is 0 Å². The summed E-state index contributed by atoms with van der Waals surface area (Å²) in [4.78, 5) is 22.6. The zero-order chi connectivity index (χ0) is 17.4. The largest absolute Gasteiger partial charge is 0.469 e. The molecule has 0 amide bonds. The molecule has 0 unspecified atom stereocenters. The minimum Gasteiger partial charge on any atom is -0.469 e. The van der Waals surface area contributed by atoms with Crippen molar-refractivity contribution in [3.63, 3.8) is 0 Å². The Morgan fingerprint density at radius 1 is 1.52 bits per heavy atom. The van der Waals surface area contributed by atoms with Crippen LogP contribution in [0.5, 0.6) is 0 Å². The van der Waals surface area contributed by atoms with Crippen LogP contribution in [0.1, 0.15) is 48.3 Å². The third kappa shape index (κ3) is 3.28. The molecule has 0 radical (unpaired) electrons. The minimum atomic E-state index is -0.00915. The molecule has 3 aromatic heterocycles. The maximum absolute atomic E-state index is 12.6. The van der Waals surface area contributed by atoms with E-state index in [2.05, 4.69) is 17.2 Å². The van der Waals surface area contributed by atoms with Gasteiger partial charge in [0.2, 0.25) is 0 Å². The van der Waals surface area contributed by atoms with E-state index in [4.69, 9.17) is 9.40 Å². The van der Waals surface area contributed by atoms with Crippen LogP contribution in [-0.4, -0.2) is 16.5 Å². The average molecular weight is 357 g/mol. The molecule has 5 nitrogen and oxygen atoms in total. The van der Waals surface area contributed by atoms with E-state index >= 15 is 0 Å². The van der Waals surface area contributed by atoms with Crippen molar-refractivity contribution in [2.24, 2.45) is 5.92 Å². The van der Waals surface area contributed by atoms with Gasteiger partial charge >= 0.3 is 0 Å². The highest BCUT2D eigenvalue weighted by Gasteiger charge is 2.23. The Morgan fingerprint density at radius 3 is 3.20 bits per heavy atom. The molecule has 1 aliphatic carbocycles. The minimum absolute atomic E-state index is 0.00624. The van der Waals surface area contributed by atoms with E-state index in [-0.39, 0.29) is 11.6 Å². The van der Waals surface area contributed by atoms with Gasteiger partial charge in [-0.1, -0.05) is 6.92 Å². The molecule has 132 valence electrons. The summed E-state index contributed by atoms with van der Waals surface area (Å²) in [5, 5.41) is 4.23. The Labute approximate surface area is 150 Å². The lowest BCUT2D eigenvalue weighted by atomic mass is 9.89. The number of nitrogens with one attached hydrogen (secondary N) is 2. The molecular weight excluding hydrogens is 334 g/mol. The predicted octanol–water partition coefficient (Wildman–Crippen LogP) is 3.60. The lowest BCUT2D eigenvalue weighted by Crippen LogP contribution is -2.25. The van der Waals surface area contributed by atoms with Gasteiger partial charge in [0.25, 0.3) is 5.56 Å². The lowest BCUT2D eigenvalue weighted by molar-refractivity contribution is 0.480. The summed E-state index contributed by atoms with van der Waals surface area (Å²) in [5.74, 6) is 2.36. The quantitative estimate of drug-likeness (QED) is 0.732. The first kappa shape index (κ1) is 16.5. The fraction of sp³-hybridized carbons (Fsp3) is 0.474. The van der Waals surface area contributed by atoms with Crippen LogP contribution in [0.3, 0.4) is 0 Å². The number of fused-ring (bicyclic) bond motifs is 3. The summed E-state index contributed by atoms with van der Waals surface area (Å²) in [6.07, 6.45) is 5.73. The molecule has 25 heavy (non-hydrogen) atoms. The Balaban J connectivity index is 1.55. The fourth-order valence-corrected chi connectivity index (χ4v) is 4.92. The molecule has 0 spiro atoms. The van der Waals surface area contributed by atoms with Gasteiger partial charge in [0, 0.05) is 17.8 Å².